The van der Waals surface area contributed by atoms with Crippen molar-refractivity contribution in [1.29, 1.82) is 0 Å². The molecule has 1 atom stereocenters. The fourth-order valence-electron chi connectivity index (χ4n) is 2.51. The lowest BCUT2D eigenvalue weighted by molar-refractivity contribution is -0.134. The topological polar surface area (TPSA) is 94.5 Å². The van der Waals surface area contributed by atoms with Crippen LogP contribution < -0.4 is 4.74 Å². The second-order valence-electron chi connectivity index (χ2n) is 5.21. The smallest absolute Gasteiger partial charge is 0.261 e. The molecule has 0 bridgehead atoms. The van der Waals surface area contributed by atoms with Crippen LogP contribution in [0.15, 0.2) is 15.1 Å². The van der Waals surface area contributed by atoms with E-state index in [0.717, 1.165) is 12.8 Å². The summed E-state index contributed by atoms with van der Waals surface area (Å²) in [7, 11) is 0. The Morgan fingerprint density at radius 3 is 3.00 bits per heavy atom. The number of amides is 1. The lowest BCUT2D eigenvalue weighted by Crippen LogP contribution is -2.34. The van der Waals surface area contributed by atoms with Crippen LogP contribution in [0.5, 0.6) is 5.88 Å². The predicted octanol–water partition coefficient (Wildman–Crippen LogP) is 1.67. The van der Waals surface area contributed by atoms with E-state index in [2.05, 4.69) is 15.3 Å². The lowest BCUT2D eigenvalue weighted by atomic mass is 10.2. The van der Waals surface area contributed by atoms with Crippen molar-refractivity contribution in [3.05, 3.63) is 23.5 Å². The van der Waals surface area contributed by atoms with Gasteiger partial charge in [0.1, 0.15) is 5.76 Å². The molecule has 1 fully saturated rings. The maximum absolute atomic E-state index is 12.3. The molecule has 22 heavy (non-hydrogen) atoms. The molecule has 0 unspecified atom stereocenters. The summed E-state index contributed by atoms with van der Waals surface area (Å²) >= 11 is 0. The van der Waals surface area contributed by atoms with E-state index in [-0.39, 0.29) is 18.6 Å². The van der Waals surface area contributed by atoms with Crippen molar-refractivity contribution in [2.24, 2.45) is 0 Å². The largest absolute Gasteiger partial charge is 0.465 e. The highest BCUT2D eigenvalue weighted by Crippen LogP contribution is 2.30. The Kier molecular flexibility index (Phi) is 4.08. The van der Waals surface area contributed by atoms with Crippen LogP contribution in [-0.2, 0) is 11.2 Å². The normalized spacial score (nSPS) is 17.9. The van der Waals surface area contributed by atoms with Crippen molar-refractivity contribution in [3.8, 4) is 5.88 Å². The van der Waals surface area contributed by atoms with Gasteiger partial charge in [-0.2, -0.15) is 4.98 Å². The van der Waals surface area contributed by atoms with Gasteiger partial charge in [-0.25, -0.2) is 0 Å². The van der Waals surface area contributed by atoms with Crippen LogP contribution in [0.25, 0.3) is 0 Å². The molecule has 1 saturated heterocycles. The summed E-state index contributed by atoms with van der Waals surface area (Å²) in [5, 5.41) is 7.67. The maximum atomic E-state index is 12.3. The minimum Gasteiger partial charge on any atom is -0.465 e. The zero-order chi connectivity index (χ0) is 15.5. The number of likely N-dealkylation sites (tertiary alicyclic amines) is 1. The zero-order valence-corrected chi connectivity index (χ0v) is 12.6. The Morgan fingerprint density at radius 2 is 2.32 bits per heavy atom. The van der Waals surface area contributed by atoms with Gasteiger partial charge in [-0.3, -0.25) is 4.79 Å². The number of rotatable bonds is 5. The Balaban J connectivity index is 1.63. The summed E-state index contributed by atoms with van der Waals surface area (Å²) in [6.45, 7) is 4.30. The highest BCUT2D eigenvalue weighted by atomic mass is 16.5. The third-order valence-electron chi connectivity index (χ3n) is 3.61. The highest BCUT2D eigenvalue weighted by molar-refractivity contribution is 5.78. The summed E-state index contributed by atoms with van der Waals surface area (Å²) in [6, 6.07) is 1.50. The number of ether oxygens (including phenoxy) is 1. The van der Waals surface area contributed by atoms with Crippen molar-refractivity contribution in [3.63, 3.8) is 0 Å². The molecule has 3 heterocycles. The molecule has 3 rings (SSSR count). The van der Waals surface area contributed by atoms with Gasteiger partial charge in [0.15, 0.2) is 12.4 Å². The van der Waals surface area contributed by atoms with Gasteiger partial charge in [-0.05, 0) is 24.9 Å². The fraction of sp³-hybridized carbons (Fsp3) is 0.571. The quantitative estimate of drug-likeness (QED) is 0.829. The van der Waals surface area contributed by atoms with Gasteiger partial charge in [0, 0.05) is 19.0 Å². The van der Waals surface area contributed by atoms with Crippen LogP contribution in [0.2, 0.25) is 0 Å². The Morgan fingerprint density at radius 1 is 1.45 bits per heavy atom. The number of aryl methyl sites for hydroxylation is 2. The molecule has 8 nitrogen and oxygen atoms in total. The standard InChI is InChI=1S/C14H18N4O4/c1-3-11-15-14(17-22-11)10-5-4-6-18(10)13(19)8-20-12-7-9(2)21-16-12/h7,10H,3-6,8H2,1-2H3/t10-/m1/s1. The van der Waals surface area contributed by atoms with Crippen LogP contribution in [0.4, 0.5) is 0 Å². The van der Waals surface area contributed by atoms with E-state index in [0.29, 0.717) is 36.3 Å². The van der Waals surface area contributed by atoms with Gasteiger partial charge in [0.25, 0.3) is 11.8 Å². The number of carbonyl (C=O) groups excluding carboxylic acids is 1. The molecule has 0 radical (unpaired) electrons. The van der Waals surface area contributed by atoms with E-state index in [9.17, 15) is 4.79 Å². The number of hydrogen-bond acceptors (Lipinski definition) is 7. The Bertz CT molecular complexity index is 651. The summed E-state index contributed by atoms with van der Waals surface area (Å²) < 4.78 is 15.4. The second kappa shape index (κ2) is 6.17. The van der Waals surface area contributed by atoms with Crippen LogP contribution >= 0.6 is 0 Å². The van der Waals surface area contributed by atoms with E-state index in [1.807, 2.05) is 6.92 Å². The van der Waals surface area contributed by atoms with E-state index < -0.39 is 0 Å². The number of carbonyl (C=O) groups is 1. The molecule has 0 aromatic carbocycles. The van der Waals surface area contributed by atoms with Crippen LogP contribution in [0, 0.1) is 6.92 Å². The third-order valence-corrected chi connectivity index (χ3v) is 3.61. The van der Waals surface area contributed by atoms with E-state index in [1.165, 1.54) is 0 Å². The van der Waals surface area contributed by atoms with Crippen molar-refractivity contribution in [2.75, 3.05) is 13.2 Å². The SMILES string of the molecule is CCc1nc([C@H]2CCCN2C(=O)COc2cc(C)on2)no1. The monoisotopic (exact) mass is 306 g/mol. The summed E-state index contributed by atoms with van der Waals surface area (Å²) in [6.07, 6.45) is 2.43. The molecule has 1 aliphatic heterocycles. The van der Waals surface area contributed by atoms with Crippen molar-refractivity contribution in [2.45, 2.75) is 39.2 Å². The minimum atomic E-state index is -0.140. The molecule has 8 heteroatoms. The van der Waals surface area contributed by atoms with Crippen LogP contribution in [0.1, 0.15) is 43.3 Å². The van der Waals surface area contributed by atoms with Crippen molar-refractivity contribution < 1.29 is 18.6 Å². The van der Waals surface area contributed by atoms with E-state index in [4.69, 9.17) is 13.8 Å². The first-order valence-electron chi connectivity index (χ1n) is 7.35. The first-order valence-corrected chi connectivity index (χ1v) is 7.35. The van der Waals surface area contributed by atoms with Gasteiger partial charge in [0.2, 0.25) is 5.89 Å². The first kappa shape index (κ1) is 14.6. The number of hydrogen-bond donors (Lipinski definition) is 0. The van der Waals surface area contributed by atoms with Crippen molar-refractivity contribution in [1.82, 2.24) is 20.2 Å². The van der Waals surface area contributed by atoms with Gasteiger partial charge in [-0.1, -0.05) is 12.1 Å². The number of nitrogens with zero attached hydrogens (tertiary/aromatic N) is 4. The molecule has 2 aromatic heterocycles. The Hall–Kier alpha value is -2.38. The Labute approximate surface area is 127 Å². The zero-order valence-electron chi connectivity index (χ0n) is 12.6. The molecule has 1 aliphatic rings. The summed E-state index contributed by atoms with van der Waals surface area (Å²) in [5.74, 6) is 1.99. The second-order valence-corrected chi connectivity index (χ2v) is 5.21. The average Bonchev–Trinajstić information content (AvgIpc) is 3.24. The van der Waals surface area contributed by atoms with Gasteiger partial charge >= 0.3 is 0 Å². The van der Waals surface area contributed by atoms with Gasteiger partial charge < -0.3 is 18.7 Å². The van der Waals surface area contributed by atoms with Crippen LogP contribution in [-0.4, -0.2) is 39.3 Å². The fourth-order valence-corrected chi connectivity index (χ4v) is 2.51. The maximum Gasteiger partial charge on any atom is 0.261 e. The molecule has 0 N–H and O–H groups in total. The molecule has 1 amide bonds. The summed E-state index contributed by atoms with van der Waals surface area (Å²) in [5.41, 5.74) is 0. The highest BCUT2D eigenvalue weighted by Gasteiger charge is 2.33. The molecular weight excluding hydrogens is 288 g/mol. The lowest BCUT2D eigenvalue weighted by Gasteiger charge is -2.21. The van der Waals surface area contributed by atoms with Gasteiger partial charge in [-0.15, -0.1) is 0 Å². The van der Waals surface area contributed by atoms with Gasteiger partial charge in [0.05, 0.1) is 6.04 Å². The first-order chi connectivity index (χ1) is 10.7. The van der Waals surface area contributed by atoms with Crippen molar-refractivity contribution >= 4 is 5.91 Å². The molecular formula is C14H18N4O4. The molecule has 2 aromatic rings. The molecule has 118 valence electrons. The average molecular weight is 306 g/mol. The number of aromatic nitrogens is 3. The third kappa shape index (κ3) is 2.95. The minimum absolute atomic E-state index is 0.0824. The predicted molar refractivity (Wildman–Crippen MR) is 74.1 cm³/mol. The molecule has 0 saturated carbocycles. The van der Waals surface area contributed by atoms with E-state index >= 15 is 0 Å². The summed E-state index contributed by atoms with van der Waals surface area (Å²) in [4.78, 5) is 18.4. The molecule has 0 aliphatic carbocycles. The van der Waals surface area contributed by atoms with Crippen LogP contribution in [0.3, 0.4) is 0 Å². The van der Waals surface area contributed by atoms with E-state index in [1.54, 1.807) is 17.9 Å². The molecule has 0 spiro atoms.